The largest absolute Gasteiger partial charge is 0.511 e. The number of aliphatic hydroxyl groups excluding tert-OH is 2. The van der Waals surface area contributed by atoms with Crippen molar-refractivity contribution in [1.29, 1.82) is 5.41 Å². The number of carbonyl (C=O) groups excluding carboxylic acids is 2. The highest BCUT2D eigenvalue weighted by molar-refractivity contribution is 5.99. The lowest BCUT2D eigenvalue weighted by molar-refractivity contribution is -0.0790. The van der Waals surface area contributed by atoms with Gasteiger partial charge in [-0.2, -0.15) is 4.99 Å². The average molecular weight is 491 g/mol. The molecule has 14 nitrogen and oxygen atoms in total. The van der Waals surface area contributed by atoms with Crippen molar-refractivity contribution in [2.45, 2.75) is 57.0 Å². The molecule has 1 rings (SSSR count). The summed E-state index contributed by atoms with van der Waals surface area (Å²) >= 11 is 0. The Morgan fingerprint density at radius 2 is 2.03 bits per heavy atom. The number of guanidine groups is 2. The molecular weight excluding hydrogens is 452 g/mol. The number of likely N-dealkylation sites (tertiary alicyclic amines) is 1. The number of aliphatic imine (C=N–C) groups is 1. The Kier molecular flexibility index (Phi) is 12.6. The fourth-order valence-electron chi connectivity index (χ4n) is 3.43. The van der Waals surface area contributed by atoms with Crippen LogP contribution in [0.1, 0.15) is 39.0 Å². The highest BCUT2D eigenvalue weighted by Gasteiger charge is 2.37. The summed E-state index contributed by atoms with van der Waals surface area (Å²) < 4.78 is 14.7. The van der Waals surface area contributed by atoms with Crippen LogP contribution in [-0.4, -0.2) is 114 Å². The number of piperidine rings is 1. The molecule has 196 valence electrons. The zero-order valence-corrected chi connectivity index (χ0v) is 20.0. The first-order chi connectivity index (χ1) is 16.0. The number of hydrogen-bond donors (Lipinski definition) is 6. The Balaban J connectivity index is 2.35. The maximum absolute atomic E-state index is 11.8. The van der Waals surface area contributed by atoms with Crippen LogP contribution in [0.15, 0.2) is 4.99 Å². The molecule has 0 aromatic carbocycles. The molecule has 3 atom stereocenters. The molecule has 1 saturated heterocycles. The van der Waals surface area contributed by atoms with Crippen LogP contribution in [0.2, 0.25) is 0 Å². The number of nitrogens with zero attached hydrogens (tertiary/aromatic N) is 3. The summed E-state index contributed by atoms with van der Waals surface area (Å²) in [4.78, 5) is 30.5. The van der Waals surface area contributed by atoms with Crippen molar-refractivity contribution in [3.63, 3.8) is 0 Å². The van der Waals surface area contributed by atoms with Crippen molar-refractivity contribution in [1.82, 2.24) is 15.1 Å². The first kappa shape index (κ1) is 29.4. The average Bonchev–Trinajstić information content (AvgIpc) is 2.75. The predicted octanol–water partition coefficient (Wildman–Crippen LogP) is -0.627. The van der Waals surface area contributed by atoms with E-state index >= 15 is 0 Å². The zero-order valence-electron chi connectivity index (χ0n) is 20.0. The van der Waals surface area contributed by atoms with Gasteiger partial charge in [-0.05, 0) is 32.1 Å². The van der Waals surface area contributed by atoms with Gasteiger partial charge in [0.1, 0.15) is 0 Å². The van der Waals surface area contributed by atoms with E-state index in [0.717, 1.165) is 0 Å². The molecule has 0 aliphatic carbocycles. The van der Waals surface area contributed by atoms with Crippen LogP contribution in [0.25, 0.3) is 0 Å². The van der Waals surface area contributed by atoms with E-state index < -0.39 is 24.1 Å². The Morgan fingerprint density at radius 1 is 1.32 bits per heavy atom. The third kappa shape index (κ3) is 11.0. The molecule has 0 saturated carbocycles. The number of aliphatic hydroxyl groups is 3. The van der Waals surface area contributed by atoms with Crippen LogP contribution in [0.5, 0.6) is 0 Å². The number of nitrogens with two attached hydrogens (primary N) is 1. The molecule has 1 aliphatic heterocycles. The van der Waals surface area contributed by atoms with E-state index in [2.05, 4.69) is 10.3 Å². The lowest BCUT2D eigenvalue weighted by Crippen LogP contribution is -2.54. The lowest BCUT2D eigenvalue weighted by Gasteiger charge is -2.44. The van der Waals surface area contributed by atoms with Crippen LogP contribution in [-0.2, 0) is 14.2 Å². The highest BCUT2D eigenvalue weighted by Crippen LogP contribution is 2.29. The van der Waals surface area contributed by atoms with E-state index in [9.17, 15) is 19.8 Å². The molecule has 0 aromatic rings. The number of hydrogen-bond acceptors (Lipinski definition) is 10. The molecule has 1 aliphatic rings. The number of β-amino-alcohol motifs (C(OH)–C–C–N with tert-alkyl or cyclic N) is 1. The fourth-order valence-corrected chi connectivity index (χ4v) is 3.43. The van der Waals surface area contributed by atoms with Crippen molar-refractivity contribution < 1.29 is 39.1 Å². The number of rotatable bonds is 10. The summed E-state index contributed by atoms with van der Waals surface area (Å²) in [6.45, 7) is 2.14. The van der Waals surface area contributed by atoms with Crippen molar-refractivity contribution in [2.75, 3.05) is 47.0 Å². The minimum atomic E-state index is -1.27. The predicted molar refractivity (Wildman–Crippen MR) is 122 cm³/mol. The molecule has 1 heterocycles. The van der Waals surface area contributed by atoms with Gasteiger partial charge in [0.05, 0.1) is 18.8 Å². The van der Waals surface area contributed by atoms with Gasteiger partial charge in [0.15, 0.2) is 0 Å². The quantitative estimate of drug-likeness (QED) is 0.0748. The zero-order chi connectivity index (χ0) is 25.7. The van der Waals surface area contributed by atoms with Gasteiger partial charge in [0.25, 0.3) is 0 Å². The van der Waals surface area contributed by atoms with Crippen molar-refractivity contribution >= 4 is 24.2 Å². The van der Waals surface area contributed by atoms with Gasteiger partial charge in [0, 0.05) is 46.8 Å². The molecule has 0 bridgehead atoms. The van der Waals surface area contributed by atoms with Gasteiger partial charge in [0.2, 0.25) is 18.2 Å². The van der Waals surface area contributed by atoms with Crippen LogP contribution >= 0.6 is 0 Å². The number of nitrogens with one attached hydrogen (secondary N) is 2. The van der Waals surface area contributed by atoms with Crippen molar-refractivity contribution in [2.24, 2.45) is 10.7 Å². The smallest absolute Gasteiger partial charge is 0.434 e. The van der Waals surface area contributed by atoms with Crippen LogP contribution in [0, 0.1) is 5.41 Å². The van der Waals surface area contributed by atoms with E-state index in [0.29, 0.717) is 45.2 Å². The first-order valence-electron chi connectivity index (χ1n) is 11.1. The Hall–Kier alpha value is -2.68. The first-order valence-corrected chi connectivity index (χ1v) is 11.1. The number of amides is 1. The van der Waals surface area contributed by atoms with E-state index in [4.69, 9.17) is 30.5 Å². The summed E-state index contributed by atoms with van der Waals surface area (Å²) in [7, 11) is 3.16. The second-order valence-electron chi connectivity index (χ2n) is 8.28. The minimum Gasteiger partial charge on any atom is -0.434 e. The maximum atomic E-state index is 11.8. The molecule has 34 heavy (non-hydrogen) atoms. The lowest BCUT2D eigenvalue weighted by atomic mass is 9.85. The molecule has 1 fully saturated rings. The summed E-state index contributed by atoms with van der Waals surface area (Å²) in [5, 5.41) is 38.9. The normalized spacial score (nSPS) is 21.9. The summed E-state index contributed by atoms with van der Waals surface area (Å²) in [5.74, 6) is -0.545. The van der Waals surface area contributed by atoms with Gasteiger partial charge in [-0.1, -0.05) is 0 Å². The molecule has 0 aromatic heterocycles. The van der Waals surface area contributed by atoms with Gasteiger partial charge in [-0.3, -0.25) is 15.6 Å². The molecule has 1 amide bonds. The number of carbonyl (C=O) groups is 2. The van der Waals surface area contributed by atoms with Gasteiger partial charge >= 0.3 is 12.2 Å². The molecule has 0 spiro atoms. The van der Waals surface area contributed by atoms with Crippen LogP contribution in [0.3, 0.4) is 0 Å². The van der Waals surface area contributed by atoms with E-state index in [-0.39, 0.29) is 37.8 Å². The Bertz CT molecular complexity index is 707. The number of alkyl carbamates (subject to hydrolysis) is 1. The molecular formula is C20H38N6O8. The van der Waals surface area contributed by atoms with Crippen LogP contribution in [0.4, 0.5) is 9.59 Å². The minimum absolute atomic E-state index is 0.00757. The topological polar surface area (TPSA) is 203 Å². The van der Waals surface area contributed by atoms with Crippen molar-refractivity contribution in [3.05, 3.63) is 0 Å². The maximum Gasteiger partial charge on any atom is 0.511 e. The SMILES string of the molecule is CC(OC(=O)NC(N)=NC(=N)N(C)C)OC(=O)OCCCN1CC(O)(CCCO)CCC1CO. The van der Waals surface area contributed by atoms with Gasteiger partial charge in [-0.25, -0.2) is 9.59 Å². The Morgan fingerprint density at radius 3 is 2.65 bits per heavy atom. The van der Waals surface area contributed by atoms with E-state index in [1.54, 1.807) is 14.1 Å². The van der Waals surface area contributed by atoms with E-state index in [1.807, 2.05) is 4.90 Å². The third-order valence-electron chi connectivity index (χ3n) is 5.19. The third-order valence-corrected chi connectivity index (χ3v) is 5.19. The summed E-state index contributed by atoms with van der Waals surface area (Å²) in [6.07, 6.45) is -0.737. The van der Waals surface area contributed by atoms with Crippen molar-refractivity contribution in [3.8, 4) is 0 Å². The summed E-state index contributed by atoms with van der Waals surface area (Å²) in [5.41, 5.74) is 4.57. The summed E-state index contributed by atoms with van der Waals surface area (Å²) in [6, 6.07) is -0.0919. The number of ether oxygens (including phenoxy) is 3. The Labute approximate surface area is 199 Å². The second-order valence-corrected chi connectivity index (χ2v) is 8.28. The second kappa shape index (κ2) is 14.6. The monoisotopic (exact) mass is 490 g/mol. The molecule has 14 heteroatoms. The standard InChI is InChI=1S/C20H38N6O8/c1-14(33-18(29)24-16(21)23-17(22)25(2)3)34-19(30)32-11-5-9-26-13-20(31,7-4-10-27)8-6-15(26)12-28/h14-15,27-28,31H,4-13H2,1-3H3,(H4,21,22,23,24,29). The van der Waals surface area contributed by atoms with Gasteiger partial charge in [-0.15, -0.1) is 0 Å². The fraction of sp³-hybridized carbons (Fsp3) is 0.800. The van der Waals surface area contributed by atoms with E-state index in [1.165, 1.54) is 11.8 Å². The van der Waals surface area contributed by atoms with Crippen LogP contribution < -0.4 is 11.1 Å². The highest BCUT2D eigenvalue weighted by atomic mass is 16.8. The van der Waals surface area contributed by atoms with Gasteiger partial charge < -0.3 is 40.2 Å². The molecule has 0 radical (unpaired) electrons. The molecule has 3 unspecified atom stereocenters. The molecule has 7 N–H and O–H groups in total.